The summed E-state index contributed by atoms with van der Waals surface area (Å²) in [5.74, 6) is 0.877. The summed E-state index contributed by atoms with van der Waals surface area (Å²) in [5.41, 5.74) is 6.53. The number of aryl methyl sites for hydroxylation is 2. The molecule has 0 fully saturated rings. The molecular formula is C24H22ClN3S. The molecule has 0 amide bonds. The second-order valence-electron chi connectivity index (χ2n) is 7.42. The fraction of sp³-hybridized carbons (Fsp3) is 0.250. The van der Waals surface area contributed by atoms with Crippen molar-refractivity contribution in [2.45, 2.75) is 32.6 Å². The maximum atomic E-state index is 6.32. The van der Waals surface area contributed by atoms with Gasteiger partial charge in [0.2, 0.25) is 5.28 Å². The predicted octanol–water partition coefficient (Wildman–Crippen LogP) is 7.05. The molecule has 0 radical (unpaired) electrons. The van der Waals surface area contributed by atoms with E-state index in [9.17, 15) is 0 Å². The molecule has 1 aliphatic rings. The molecule has 29 heavy (non-hydrogen) atoms. The van der Waals surface area contributed by atoms with Gasteiger partial charge in [-0.15, -0.1) is 11.3 Å². The highest BCUT2D eigenvalue weighted by Crippen LogP contribution is 2.41. The maximum Gasteiger partial charge on any atom is 0.225 e. The lowest BCUT2D eigenvalue weighted by Crippen LogP contribution is -2.18. The second kappa shape index (κ2) is 7.77. The molecule has 0 unspecified atom stereocenters. The zero-order valence-electron chi connectivity index (χ0n) is 16.4. The van der Waals surface area contributed by atoms with Gasteiger partial charge in [-0.3, -0.25) is 0 Å². The lowest BCUT2D eigenvalue weighted by Gasteiger charge is -2.23. The molecule has 1 aliphatic carbocycles. The third-order valence-electron chi connectivity index (χ3n) is 5.69. The highest BCUT2D eigenvalue weighted by Gasteiger charge is 2.20. The number of hydrogen-bond acceptors (Lipinski definition) is 4. The number of halogens is 1. The molecule has 0 atom stereocenters. The molecule has 5 rings (SSSR count). The minimum atomic E-state index is 0.292. The first-order valence-electron chi connectivity index (χ1n) is 10.1. The standard InChI is InChI=1S/C24H22ClN3S/c1-2-28(19-10-4-3-5-11-19)22-21-20(15-29-23(21)27-24(25)26-22)18-13-12-16-8-6-7-9-17(16)14-18/h3-5,10-15H,2,6-9H2,1H3. The fourth-order valence-electron chi connectivity index (χ4n) is 4.27. The molecule has 5 heteroatoms. The quantitative estimate of drug-likeness (QED) is 0.332. The zero-order valence-corrected chi connectivity index (χ0v) is 17.9. The van der Waals surface area contributed by atoms with Crippen molar-refractivity contribution in [1.29, 1.82) is 0 Å². The van der Waals surface area contributed by atoms with Gasteiger partial charge < -0.3 is 4.90 Å². The Morgan fingerprint density at radius 3 is 2.59 bits per heavy atom. The largest absolute Gasteiger partial charge is 0.326 e. The first-order chi connectivity index (χ1) is 14.2. The van der Waals surface area contributed by atoms with Gasteiger partial charge in [-0.05, 0) is 73.0 Å². The molecule has 0 saturated heterocycles. The molecule has 3 nitrogen and oxygen atoms in total. The highest BCUT2D eigenvalue weighted by molar-refractivity contribution is 7.17. The van der Waals surface area contributed by atoms with Crippen LogP contribution in [0.3, 0.4) is 0 Å². The van der Waals surface area contributed by atoms with Crippen molar-refractivity contribution in [3.63, 3.8) is 0 Å². The van der Waals surface area contributed by atoms with E-state index in [2.05, 4.69) is 69.6 Å². The van der Waals surface area contributed by atoms with Crippen LogP contribution in [0.1, 0.15) is 30.9 Å². The van der Waals surface area contributed by atoms with Crippen molar-refractivity contribution in [1.82, 2.24) is 9.97 Å². The Morgan fingerprint density at radius 1 is 1.00 bits per heavy atom. The van der Waals surface area contributed by atoms with E-state index in [4.69, 9.17) is 11.6 Å². The summed E-state index contributed by atoms with van der Waals surface area (Å²) in [4.78, 5) is 12.4. The number of benzene rings is 2. The first-order valence-corrected chi connectivity index (χ1v) is 11.4. The average molecular weight is 420 g/mol. The Kier molecular flexibility index (Phi) is 4.98. The fourth-order valence-corrected chi connectivity index (χ4v) is 5.43. The van der Waals surface area contributed by atoms with E-state index in [0.717, 1.165) is 28.3 Å². The van der Waals surface area contributed by atoms with Gasteiger partial charge >= 0.3 is 0 Å². The van der Waals surface area contributed by atoms with Gasteiger partial charge in [0, 0.05) is 23.2 Å². The van der Waals surface area contributed by atoms with Crippen LogP contribution in [0.25, 0.3) is 21.3 Å². The van der Waals surface area contributed by atoms with Gasteiger partial charge in [0.05, 0.1) is 5.39 Å². The van der Waals surface area contributed by atoms with Crippen LogP contribution in [0.5, 0.6) is 0 Å². The lowest BCUT2D eigenvalue weighted by molar-refractivity contribution is 0.686. The van der Waals surface area contributed by atoms with Gasteiger partial charge in [0.15, 0.2) is 0 Å². The maximum absolute atomic E-state index is 6.32. The topological polar surface area (TPSA) is 29.0 Å². The minimum Gasteiger partial charge on any atom is -0.326 e. The van der Waals surface area contributed by atoms with Crippen LogP contribution in [0.2, 0.25) is 5.28 Å². The smallest absolute Gasteiger partial charge is 0.225 e. The van der Waals surface area contributed by atoms with E-state index < -0.39 is 0 Å². The molecule has 146 valence electrons. The van der Waals surface area contributed by atoms with E-state index in [1.165, 1.54) is 47.9 Å². The zero-order chi connectivity index (χ0) is 19.8. The number of aromatic nitrogens is 2. The van der Waals surface area contributed by atoms with Crippen LogP contribution in [-0.2, 0) is 12.8 Å². The van der Waals surface area contributed by atoms with Gasteiger partial charge in [0.25, 0.3) is 0 Å². The Hall–Kier alpha value is -2.43. The Labute approximate surface area is 180 Å². The van der Waals surface area contributed by atoms with Crippen molar-refractivity contribution in [2.75, 3.05) is 11.4 Å². The molecule has 4 aromatic rings. The number of fused-ring (bicyclic) bond motifs is 2. The van der Waals surface area contributed by atoms with Crippen LogP contribution in [0.15, 0.2) is 53.9 Å². The summed E-state index contributed by atoms with van der Waals surface area (Å²) >= 11 is 7.96. The number of nitrogens with zero attached hydrogens (tertiary/aromatic N) is 3. The van der Waals surface area contributed by atoms with Crippen LogP contribution in [0, 0.1) is 0 Å². The SMILES string of the molecule is CCN(c1ccccc1)c1nc(Cl)nc2scc(-c3ccc4c(c3)CCCC4)c12. The molecule has 0 N–H and O–H groups in total. The summed E-state index contributed by atoms with van der Waals surface area (Å²) in [6, 6.07) is 17.3. The Bertz CT molecular complexity index is 1170. The van der Waals surface area contributed by atoms with Crippen molar-refractivity contribution in [3.05, 3.63) is 70.3 Å². The van der Waals surface area contributed by atoms with Gasteiger partial charge in [-0.1, -0.05) is 36.4 Å². The van der Waals surface area contributed by atoms with E-state index in [1.54, 1.807) is 11.3 Å². The summed E-state index contributed by atoms with van der Waals surface area (Å²) in [7, 11) is 0. The van der Waals surface area contributed by atoms with E-state index >= 15 is 0 Å². The van der Waals surface area contributed by atoms with Crippen molar-refractivity contribution in [2.24, 2.45) is 0 Å². The van der Waals surface area contributed by atoms with Crippen LogP contribution >= 0.6 is 22.9 Å². The van der Waals surface area contributed by atoms with Crippen molar-refractivity contribution < 1.29 is 0 Å². The van der Waals surface area contributed by atoms with Crippen LogP contribution in [0.4, 0.5) is 11.5 Å². The molecular weight excluding hydrogens is 398 g/mol. The molecule has 2 heterocycles. The van der Waals surface area contributed by atoms with E-state index in [1.807, 2.05) is 6.07 Å². The Balaban J connectivity index is 1.71. The summed E-state index contributed by atoms with van der Waals surface area (Å²) in [6.45, 7) is 2.94. The van der Waals surface area contributed by atoms with Crippen LogP contribution in [-0.4, -0.2) is 16.5 Å². The Morgan fingerprint density at radius 2 is 1.79 bits per heavy atom. The number of para-hydroxylation sites is 1. The predicted molar refractivity (Wildman–Crippen MR) is 124 cm³/mol. The van der Waals surface area contributed by atoms with Crippen molar-refractivity contribution >= 4 is 44.7 Å². The summed E-state index contributed by atoms with van der Waals surface area (Å²) in [6.07, 6.45) is 4.95. The van der Waals surface area contributed by atoms with E-state index in [0.29, 0.717) is 5.28 Å². The van der Waals surface area contributed by atoms with E-state index in [-0.39, 0.29) is 0 Å². The first kappa shape index (κ1) is 18.6. The molecule has 2 aromatic heterocycles. The molecule has 0 aliphatic heterocycles. The third kappa shape index (κ3) is 3.41. The normalized spacial score (nSPS) is 13.4. The van der Waals surface area contributed by atoms with Crippen molar-refractivity contribution in [3.8, 4) is 11.1 Å². The highest BCUT2D eigenvalue weighted by atomic mass is 35.5. The van der Waals surface area contributed by atoms with Gasteiger partial charge in [0.1, 0.15) is 10.6 Å². The number of thiophene rings is 1. The summed E-state index contributed by atoms with van der Waals surface area (Å²) in [5, 5.41) is 3.57. The third-order valence-corrected chi connectivity index (χ3v) is 6.73. The summed E-state index contributed by atoms with van der Waals surface area (Å²) < 4.78 is 0. The molecule has 0 bridgehead atoms. The molecule has 0 saturated carbocycles. The molecule has 0 spiro atoms. The van der Waals surface area contributed by atoms with Crippen LogP contribution < -0.4 is 4.90 Å². The monoisotopic (exact) mass is 419 g/mol. The number of rotatable bonds is 4. The number of hydrogen-bond donors (Lipinski definition) is 0. The lowest BCUT2D eigenvalue weighted by atomic mass is 9.89. The minimum absolute atomic E-state index is 0.292. The molecule has 2 aromatic carbocycles. The average Bonchev–Trinajstić information content (AvgIpc) is 3.18. The van der Waals surface area contributed by atoms with Gasteiger partial charge in [-0.2, -0.15) is 4.98 Å². The van der Waals surface area contributed by atoms with Gasteiger partial charge in [-0.25, -0.2) is 4.98 Å². The second-order valence-corrected chi connectivity index (χ2v) is 8.61. The number of anilines is 2.